The summed E-state index contributed by atoms with van der Waals surface area (Å²) in [6.07, 6.45) is 6.58. The molecule has 4 fully saturated rings. The van der Waals surface area contributed by atoms with Crippen molar-refractivity contribution < 1.29 is 23.9 Å². The number of para-hydroxylation sites is 2. The van der Waals surface area contributed by atoms with Gasteiger partial charge in [-0.3, -0.25) is 9.59 Å². The molecule has 0 aromatic heterocycles. The molecule has 30 heavy (non-hydrogen) atoms. The van der Waals surface area contributed by atoms with Crippen LogP contribution in [0.25, 0.3) is 0 Å². The topological polar surface area (TPSA) is 93.7 Å². The first-order valence-electron chi connectivity index (χ1n) is 10.8. The highest BCUT2D eigenvalue weighted by molar-refractivity contribution is 5.95. The summed E-state index contributed by atoms with van der Waals surface area (Å²) in [6, 6.07) is 6.20. The molecular formula is C23H30N2O5. The molecule has 4 aliphatic carbocycles. The Bertz CT molecular complexity index is 801. The molecule has 0 spiro atoms. The Morgan fingerprint density at radius 1 is 1.07 bits per heavy atom. The molecule has 5 rings (SSSR count). The molecule has 0 aliphatic heterocycles. The van der Waals surface area contributed by atoms with E-state index in [2.05, 4.69) is 10.6 Å². The summed E-state index contributed by atoms with van der Waals surface area (Å²) in [6.45, 7) is 1.19. The van der Waals surface area contributed by atoms with E-state index in [1.807, 2.05) is 0 Å². The zero-order valence-electron chi connectivity index (χ0n) is 17.6. The van der Waals surface area contributed by atoms with Gasteiger partial charge in [0.25, 0.3) is 5.91 Å². The fourth-order valence-electron chi connectivity index (χ4n) is 5.99. The molecule has 1 aromatic rings. The van der Waals surface area contributed by atoms with Crippen molar-refractivity contribution in [1.82, 2.24) is 5.32 Å². The molecule has 1 atom stereocenters. The summed E-state index contributed by atoms with van der Waals surface area (Å²) in [5.41, 5.74) is 0.189. The molecule has 0 radical (unpaired) electrons. The van der Waals surface area contributed by atoms with Crippen LogP contribution >= 0.6 is 0 Å². The van der Waals surface area contributed by atoms with Crippen molar-refractivity contribution in [3.63, 3.8) is 0 Å². The summed E-state index contributed by atoms with van der Waals surface area (Å²) in [5.74, 6) is 1.39. The van der Waals surface area contributed by atoms with E-state index >= 15 is 0 Å². The van der Waals surface area contributed by atoms with E-state index in [9.17, 15) is 14.4 Å². The fraction of sp³-hybridized carbons (Fsp3) is 0.609. The van der Waals surface area contributed by atoms with Crippen LogP contribution in [0.1, 0.15) is 45.4 Å². The van der Waals surface area contributed by atoms with Crippen LogP contribution < -0.4 is 15.4 Å². The minimum atomic E-state index is -0.787. The van der Waals surface area contributed by atoms with Crippen molar-refractivity contribution in [2.75, 3.05) is 19.0 Å². The molecule has 4 aliphatic rings. The van der Waals surface area contributed by atoms with Gasteiger partial charge in [-0.25, -0.2) is 4.79 Å². The fourth-order valence-corrected chi connectivity index (χ4v) is 5.99. The van der Waals surface area contributed by atoms with Gasteiger partial charge in [0.1, 0.15) is 11.8 Å². The molecule has 0 unspecified atom stereocenters. The second-order valence-corrected chi connectivity index (χ2v) is 9.25. The molecular weight excluding hydrogens is 384 g/mol. The molecule has 4 bridgehead atoms. The number of nitrogens with one attached hydrogen (secondary N) is 2. The minimum Gasteiger partial charge on any atom is -0.495 e. The number of amides is 2. The van der Waals surface area contributed by atoms with Gasteiger partial charge in [-0.2, -0.15) is 0 Å². The molecule has 7 heteroatoms. The number of benzene rings is 1. The average Bonchev–Trinajstić information content (AvgIpc) is 2.71. The number of methoxy groups -OCH3 is 1. The van der Waals surface area contributed by atoms with Crippen molar-refractivity contribution in [1.29, 1.82) is 0 Å². The number of esters is 1. The van der Waals surface area contributed by atoms with E-state index in [1.54, 1.807) is 31.2 Å². The summed E-state index contributed by atoms with van der Waals surface area (Å²) in [7, 11) is 1.51. The van der Waals surface area contributed by atoms with Crippen molar-refractivity contribution in [2.45, 2.75) is 51.5 Å². The maximum Gasteiger partial charge on any atom is 0.328 e. The van der Waals surface area contributed by atoms with Crippen LogP contribution in [0.2, 0.25) is 0 Å². The smallest absolute Gasteiger partial charge is 0.328 e. The summed E-state index contributed by atoms with van der Waals surface area (Å²) in [4.78, 5) is 37.5. The Balaban J connectivity index is 1.27. The summed E-state index contributed by atoms with van der Waals surface area (Å²) in [5, 5.41) is 5.52. The first-order valence-corrected chi connectivity index (χ1v) is 10.8. The average molecular weight is 415 g/mol. The highest BCUT2D eigenvalue weighted by atomic mass is 16.5. The molecule has 2 N–H and O–H groups in total. The largest absolute Gasteiger partial charge is 0.495 e. The number of hydrogen-bond acceptors (Lipinski definition) is 5. The summed E-state index contributed by atoms with van der Waals surface area (Å²) < 4.78 is 10.3. The summed E-state index contributed by atoms with van der Waals surface area (Å²) >= 11 is 0. The number of hydrogen-bond donors (Lipinski definition) is 2. The number of anilines is 1. The second-order valence-electron chi connectivity index (χ2n) is 9.25. The van der Waals surface area contributed by atoms with Crippen LogP contribution in [0.15, 0.2) is 24.3 Å². The Labute approximate surface area is 176 Å². The maximum absolute atomic E-state index is 13.0. The van der Waals surface area contributed by atoms with Gasteiger partial charge in [-0.1, -0.05) is 12.1 Å². The van der Waals surface area contributed by atoms with E-state index < -0.39 is 24.5 Å². The van der Waals surface area contributed by atoms with Gasteiger partial charge >= 0.3 is 5.97 Å². The molecule has 162 valence electrons. The monoisotopic (exact) mass is 414 g/mol. The number of rotatable bonds is 7. The van der Waals surface area contributed by atoms with Gasteiger partial charge < -0.3 is 20.1 Å². The van der Waals surface area contributed by atoms with Crippen LogP contribution in [-0.4, -0.2) is 37.5 Å². The number of carbonyl (C=O) groups excluding carboxylic acids is 3. The highest BCUT2D eigenvalue weighted by Crippen LogP contribution is 2.60. The van der Waals surface area contributed by atoms with Gasteiger partial charge in [-0.15, -0.1) is 0 Å². The predicted molar refractivity (Wildman–Crippen MR) is 111 cm³/mol. The number of carbonyl (C=O) groups is 3. The Hall–Kier alpha value is -2.57. The van der Waals surface area contributed by atoms with E-state index in [0.29, 0.717) is 29.2 Å². The van der Waals surface area contributed by atoms with Gasteiger partial charge in [-0.05, 0) is 75.3 Å². The van der Waals surface area contributed by atoms with Gasteiger partial charge in [0.15, 0.2) is 6.61 Å². The third-order valence-electron chi connectivity index (χ3n) is 6.95. The van der Waals surface area contributed by atoms with Crippen LogP contribution in [0.3, 0.4) is 0 Å². The lowest BCUT2D eigenvalue weighted by Crippen LogP contribution is -2.56. The molecule has 2 amide bonds. The van der Waals surface area contributed by atoms with Crippen molar-refractivity contribution in [3.8, 4) is 5.75 Å². The second kappa shape index (κ2) is 8.28. The molecule has 1 aromatic carbocycles. The molecule has 7 nitrogen and oxygen atoms in total. The SMILES string of the molecule is COc1ccccc1NC(=O)COC(=O)[C@H](C)NC(=O)C12CC3CC(CC(C3)C1)C2. The lowest BCUT2D eigenvalue weighted by atomic mass is 9.49. The quantitative estimate of drug-likeness (QED) is 0.669. The number of ether oxygens (including phenoxy) is 2. The highest BCUT2D eigenvalue weighted by Gasteiger charge is 2.54. The van der Waals surface area contributed by atoms with Crippen LogP contribution in [0.4, 0.5) is 5.69 Å². The van der Waals surface area contributed by atoms with Crippen molar-refractivity contribution in [3.05, 3.63) is 24.3 Å². The third kappa shape index (κ3) is 4.16. The Morgan fingerprint density at radius 2 is 1.67 bits per heavy atom. The van der Waals surface area contributed by atoms with Crippen molar-refractivity contribution in [2.24, 2.45) is 23.2 Å². The standard InChI is InChI=1S/C23H30N2O5/c1-14(21(27)30-13-20(26)25-18-5-3-4-6-19(18)29-2)24-22(28)23-10-15-7-16(11-23)9-17(8-15)12-23/h3-6,14-17H,7-13H2,1-2H3,(H,24,28)(H,25,26)/t14-,15?,16?,17?,23?/m0/s1. The van der Waals surface area contributed by atoms with Crippen molar-refractivity contribution >= 4 is 23.5 Å². The third-order valence-corrected chi connectivity index (χ3v) is 6.95. The molecule has 0 saturated heterocycles. The van der Waals surface area contributed by atoms with Gasteiger partial charge in [0.2, 0.25) is 5.91 Å². The molecule has 4 saturated carbocycles. The Morgan fingerprint density at radius 3 is 2.27 bits per heavy atom. The van der Waals surface area contributed by atoms with E-state index in [-0.39, 0.29) is 11.3 Å². The zero-order valence-corrected chi connectivity index (χ0v) is 17.6. The van der Waals surface area contributed by atoms with Crippen LogP contribution in [0.5, 0.6) is 5.75 Å². The van der Waals surface area contributed by atoms with Crippen LogP contribution in [-0.2, 0) is 19.1 Å². The lowest BCUT2D eigenvalue weighted by molar-refractivity contribution is -0.154. The van der Waals surface area contributed by atoms with Gasteiger partial charge in [0.05, 0.1) is 12.8 Å². The van der Waals surface area contributed by atoms with E-state index in [1.165, 1.54) is 26.4 Å². The maximum atomic E-state index is 13.0. The minimum absolute atomic E-state index is 0.0236. The lowest BCUT2D eigenvalue weighted by Gasteiger charge is -2.55. The predicted octanol–water partition coefficient (Wildman–Crippen LogP) is 2.90. The Kier molecular flexibility index (Phi) is 5.71. The van der Waals surface area contributed by atoms with Crippen LogP contribution in [0, 0.1) is 23.2 Å². The zero-order chi connectivity index (χ0) is 21.3. The molecule has 0 heterocycles. The van der Waals surface area contributed by atoms with E-state index in [0.717, 1.165) is 19.3 Å². The first kappa shape index (κ1) is 20.7. The van der Waals surface area contributed by atoms with Gasteiger partial charge in [0, 0.05) is 5.41 Å². The van der Waals surface area contributed by atoms with E-state index in [4.69, 9.17) is 9.47 Å². The first-order chi connectivity index (χ1) is 14.4. The normalized spacial score (nSPS) is 29.7.